The first kappa shape index (κ1) is 21.0. The summed E-state index contributed by atoms with van der Waals surface area (Å²) in [6.07, 6.45) is 0. The second-order valence-corrected chi connectivity index (χ2v) is 7.36. The van der Waals surface area contributed by atoms with Gasteiger partial charge in [-0.2, -0.15) is 5.10 Å². The van der Waals surface area contributed by atoms with E-state index in [9.17, 15) is 14.4 Å². The van der Waals surface area contributed by atoms with Crippen LogP contribution in [0.1, 0.15) is 41.4 Å². The van der Waals surface area contributed by atoms with Crippen LogP contribution in [0.15, 0.2) is 65.5 Å². The number of carbonyl (C=O) groups excluding carboxylic acids is 2. The van der Waals surface area contributed by atoms with Crippen LogP contribution in [0.5, 0.6) is 0 Å². The maximum absolute atomic E-state index is 12.4. The molecule has 30 heavy (non-hydrogen) atoms. The Labute approximate surface area is 174 Å². The molecule has 2 amide bonds. The van der Waals surface area contributed by atoms with E-state index in [1.54, 1.807) is 12.1 Å². The Bertz CT molecular complexity index is 1100. The largest absolute Gasteiger partial charge is 0.324 e. The van der Waals surface area contributed by atoms with E-state index in [4.69, 9.17) is 0 Å². The van der Waals surface area contributed by atoms with E-state index in [2.05, 4.69) is 29.6 Å². The van der Waals surface area contributed by atoms with Crippen LogP contribution in [0.4, 0.5) is 11.4 Å². The molecule has 154 valence electrons. The van der Waals surface area contributed by atoms with Gasteiger partial charge in [-0.25, -0.2) is 4.68 Å². The normalized spacial score (nSPS) is 10.7. The number of nitrogens with one attached hydrogen (secondary N) is 2. The van der Waals surface area contributed by atoms with Crippen molar-refractivity contribution in [3.8, 4) is 0 Å². The number of nitrogens with zero attached hydrogens (tertiary/aromatic N) is 2. The number of carbonyl (C=O) groups is 2. The minimum Gasteiger partial charge on any atom is -0.324 e. The first-order valence-electron chi connectivity index (χ1n) is 9.68. The fourth-order valence-corrected chi connectivity index (χ4v) is 2.80. The van der Waals surface area contributed by atoms with Gasteiger partial charge in [-0.05, 0) is 48.7 Å². The molecule has 7 heteroatoms. The van der Waals surface area contributed by atoms with Gasteiger partial charge in [-0.3, -0.25) is 14.4 Å². The maximum atomic E-state index is 12.4. The van der Waals surface area contributed by atoms with Gasteiger partial charge in [-0.15, -0.1) is 0 Å². The number of anilines is 2. The number of amides is 2. The first-order chi connectivity index (χ1) is 14.3. The van der Waals surface area contributed by atoms with E-state index in [1.165, 1.54) is 12.1 Å². The molecule has 0 bridgehead atoms. The minimum atomic E-state index is -0.466. The molecule has 3 aromatic rings. The lowest BCUT2D eigenvalue weighted by molar-refractivity contribution is -0.117. The summed E-state index contributed by atoms with van der Waals surface area (Å²) in [6.45, 7) is 5.84. The molecular formula is C23H24N4O3. The number of rotatable bonds is 6. The molecule has 0 unspecified atom stereocenters. The second kappa shape index (κ2) is 9.17. The fourth-order valence-electron chi connectivity index (χ4n) is 2.80. The zero-order chi connectivity index (χ0) is 21.7. The Kier molecular flexibility index (Phi) is 6.41. The first-order valence-corrected chi connectivity index (χ1v) is 9.68. The summed E-state index contributed by atoms with van der Waals surface area (Å²) < 4.78 is 0.974. The molecule has 0 saturated heterocycles. The van der Waals surface area contributed by atoms with Gasteiger partial charge in [0.05, 0.1) is 0 Å². The number of aryl methyl sites for hydroxylation is 1. The molecule has 0 spiro atoms. The molecule has 0 aliphatic rings. The molecular weight excluding hydrogens is 380 g/mol. The predicted octanol–water partition coefficient (Wildman–Crippen LogP) is 3.57. The van der Waals surface area contributed by atoms with Gasteiger partial charge >= 0.3 is 0 Å². The highest BCUT2D eigenvalue weighted by Crippen LogP contribution is 2.17. The van der Waals surface area contributed by atoms with Crippen LogP contribution in [0.3, 0.4) is 0 Å². The summed E-state index contributed by atoms with van der Waals surface area (Å²) >= 11 is 0. The van der Waals surface area contributed by atoms with Crippen molar-refractivity contribution in [2.75, 3.05) is 10.6 Å². The van der Waals surface area contributed by atoms with Crippen LogP contribution in [0.2, 0.25) is 0 Å². The quantitative estimate of drug-likeness (QED) is 0.657. The van der Waals surface area contributed by atoms with Crippen LogP contribution in [0.25, 0.3) is 0 Å². The minimum absolute atomic E-state index is 0.0456. The number of benzene rings is 2. The Morgan fingerprint density at radius 3 is 2.13 bits per heavy atom. The molecule has 0 fully saturated rings. The lowest BCUT2D eigenvalue weighted by Gasteiger charge is -2.10. The third kappa shape index (κ3) is 5.41. The van der Waals surface area contributed by atoms with E-state index in [0.29, 0.717) is 17.3 Å². The van der Waals surface area contributed by atoms with Crippen LogP contribution in [-0.4, -0.2) is 21.6 Å². The third-order valence-corrected chi connectivity index (χ3v) is 4.56. The van der Waals surface area contributed by atoms with Crippen molar-refractivity contribution in [3.63, 3.8) is 0 Å². The number of hydrogen-bond donors (Lipinski definition) is 2. The average Bonchev–Trinajstić information content (AvgIpc) is 2.71. The molecule has 2 N–H and O–H groups in total. The maximum Gasteiger partial charge on any atom is 0.276 e. The molecule has 7 nitrogen and oxygen atoms in total. The highest BCUT2D eigenvalue weighted by molar-refractivity contribution is 6.02. The Hall–Kier alpha value is -3.74. The summed E-state index contributed by atoms with van der Waals surface area (Å²) in [6, 6.07) is 17.4. The SMILES string of the molecule is Cc1ccc(NC(=O)c2ccc(=O)n(CC(=O)Nc3ccc(C(C)C)cc3)n2)cc1. The van der Waals surface area contributed by atoms with E-state index in [1.807, 2.05) is 43.3 Å². The average molecular weight is 404 g/mol. The summed E-state index contributed by atoms with van der Waals surface area (Å²) in [5, 5.41) is 9.50. The van der Waals surface area contributed by atoms with E-state index in [0.717, 1.165) is 15.8 Å². The second-order valence-electron chi connectivity index (χ2n) is 7.36. The van der Waals surface area contributed by atoms with Crippen LogP contribution in [-0.2, 0) is 11.3 Å². The topological polar surface area (TPSA) is 93.1 Å². The molecule has 3 rings (SSSR count). The van der Waals surface area contributed by atoms with Crippen molar-refractivity contribution in [2.45, 2.75) is 33.2 Å². The van der Waals surface area contributed by atoms with Gasteiger partial charge < -0.3 is 10.6 Å². The lowest BCUT2D eigenvalue weighted by atomic mass is 10.0. The van der Waals surface area contributed by atoms with Gasteiger partial charge in [0.1, 0.15) is 12.2 Å². The molecule has 0 aliphatic heterocycles. The highest BCUT2D eigenvalue weighted by atomic mass is 16.2. The molecule has 1 heterocycles. The lowest BCUT2D eigenvalue weighted by Crippen LogP contribution is -2.31. The molecule has 0 saturated carbocycles. The number of aromatic nitrogens is 2. The standard InChI is InChI=1S/C23H24N4O3/c1-15(2)17-6-10-18(11-7-17)24-21(28)14-27-22(29)13-12-20(26-27)23(30)25-19-8-4-16(3)5-9-19/h4-13,15H,14H2,1-3H3,(H,24,28)(H,25,30). The monoisotopic (exact) mass is 404 g/mol. The predicted molar refractivity (Wildman–Crippen MR) is 117 cm³/mol. The summed E-state index contributed by atoms with van der Waals surface area (Å²) in [4.78, 5) is 36.9. The van der Waals surface area contributed by atoms with Crippen LogP contribution in [0, 0.1) is 6.92 Å². The van der Waals surface area contributed by atoms with E-state index in [-0.39, 0.29) is 12.2 Å². The fraction of sp³-hybridized carbons (Fsp3) is 0.217. The van der Waals surface area contributed by atoms with Crippen LogP contribution < -0.4 is 16.2 Å². The Morgan fingerprint density at radius 1 is 0.900 bits per heavy atom. The summed E-state index contributed by atoms with van der Waals surface area (Å²) in [5.41, 5.74) is 3.07. The van der Waals surface area contributed by atoms with Crippen LogP contribution >= 0.6 is 0 Å². The van der Waals surface area contributed by atoms with E-state index >= 15 is 0 Å². The summed E-state index contributed by atoms with van der Waals surface area (Å²) in [7, 11) is 0. The van der Waals surface area contributed by atoms with Crippen molar-refractivity contribution in [3.05, 3.63) is 87.8 Å². The molecule has 2 aromatic carbocycles. The van der Waals surface area contributed by atoms with Crippen molar-refractivity contribution < 1.29 is 9.59 Å². The smallest absolute Gasteiger partial charge is 0.276 e. The van der Waals surface area contributed by atoms with Crippen molar-refractivity contribution in [1.29, 1.82) is 0 Å². The van der Waals surface area contributed by atoms with Gasteiger partial charge in [0, 0.05) is 17.4 Å². The van der Waals surface area contributed by atoms with Gasteiger partial charge in [0.2, 0.25) is 5.91 Å². The molecule has 1 aromatic heterocycles. The van der Waals surface area contributed by atoms with Gasteiger partial charge in [0.25, 0.3) is 11.5 Å². The van der Waals surface area contributed by atoms with Crippen molar-refractivity contribution in [2.24, 2.45) is 0 Å². The van der Waals surface area contributed by atoms with Gasteiger partial charge in [0.15, 0.2) is 0 Å². The zero-order valence-corrected chi connectivity index (χ0v) is 17.2. The van der Waals surface area contributed by atoms with E-state index < -0.39 is 17.4 Å². The van der Waals surface area contributed by atoms with Crippen molar-refractivity contribution >= 4 is 23.2 Å². The highest BCUT2D eigenvalue weighted by Gasteiger charge is 2.12. The van der Waals surface area contributed by atoms with Gasteiger partial charge in [-0.1, -0.05) is 43.7 Å². The molecule has 0 radical (unpaired) electrons. The third-order valence-electron chi connectivity index (χ3n) is 4.56. The molecule has 0 aliphatic carbocycles. The Morgan fingerprint density at radius 2 is 1.50 bits per heavy atom. The Balaban J connectivity index is 1.68. The summed E-state index contributed by atoms with van der Waals surface area (Å²) in [5.74, 6) is -0.471. The zero-order valence-electron chi connectivity index (χ0n) is 17.2. The van der Waals surface area contributed by atoms with Crippen molar-refractivity contribution in [1.82, 2.24) is 9.78 Å². The molecule has 0 atom stereocenters. The number of hydrogen-bond acceptors (Lipinski definition) is 4.